The van der Waals surface area contributed by atoms with Crippen LogP contribution in [0.15, 0.2) is 24.5 Å². The monoisotopic (exact) mass is 291 g/mol. The van der Waals surface area contributed by atoms with E-state index < -0.39 is 0 Å². The molecule has 6 heteroatoms. The van der Waals surface area contributed by atoms with E-state index in [1.165, 1.54) is 11.5 Å². The highest BCUT2D eigenvalue weighted by Gasteiger charge is 2.22. The standard InChI is InChI=1S/C14H21N5S/c1-14(2,19(3)4)9-17-13-11(12(15)18-20-13)10-6-5-7-16-8-10/h5-8,17H,9H2,1-4H3,(H2,15,18). The Morgan fingerprint density at radius 3 is 2.75 bits per heavy atom. The van der Waals surface area contributed by atoms with Crippen LogP contribution in [0.3, 0.4) is 0 Å². The van der Waals surface area contributed by atoms with Crippen molar-refractivity contribution in [2.75, 3.05) is 31.7 Å². The fraction of sp³-hybridized carbons (Fsp3) is 0.429. The minimum Gasteiger partial charge on any atom is -0.382 e. The van der Waals surface area contributed by atoms with Gasteiger partial charge < -0.3 is 16.0 Å². The van der Waals surface area contributed by atoms with Gasteiger partial charge in [-0.15, -0.1) is 0 Å². The van der Waals surface area contributed by atoms with E-state index in [0.29, 0.717) is 5.82 Å². The molecule has 2 heterocycles. The Bertz CT molecular complexity index is 562. The van der Waals surface area contributed by atoms with Crippen molar-refractivity contribution < 1.29 is 0 Å². The van der Waals surface area contributed by atoms with Crippen molar-refractivity contribution in [1.82, 2.24) is 14.3 Å². The largest absolute Gasteiger partial charge is 0.382 e. The molecular weight excluding hydrogens is 270 g/mol. The maximum atomic E-state index is 5.99. The van der Waals surface area contributed by atoms with E-state index in [4.69, 9.17) is 5.73 Å². The van der Waals surface area contributed by atoms with E-state index in [9.17, 15) is 0 Å². The van der Waals surface area contributed by atoms with Gasteiger partial charge in [0.15, 0.2) is 0 Å². The molecule has 0 amide bonds. The number of nitrogen functional groups attached to an aromatic ring is 1. The highest BCUT2D eigenvalue weighted by atomic mass is 32.1. The van der Waals surface area contributed by atoms with Gasteiger partial charge in [-0.1, -0.05) is 6.07 Å². The molecular formula is C14H21N5S. The molecule has 0 aliphatic carbocycles. The number of nitrogens with one attached hydrogen (secondary N) is 1. The van der Waals surface area contributed by atoms with Crippen LogP contribution in [0.5, 0.6) is 0 Å². The topological polar surface area (TPSA) is 67.1 Å². The second-order valence-corrected chi connectivity index (χ2v) is 6.35. The third-order valence-electron chi connectivity index (χ3n) is 3.56. The quantitative estimate of drug-likeness (QED) is 0.886. The summed E-state index contributed by atoms with van der Waals surface area (Å²) in [5.74, 6) is 0.549. The lowest BCUT2D eigenvalue weighted by atomic mass is 10.0. The molecule has 0 bridgehead atoms. The number of hydrogen-bond donors (Lipinski definition) is 2. The molecule has 0 fully saturated rings. The molecule has 3 N–H and O–H groups in total. The summed E-state index contributed by atoms with van der Waals surface area (Å²) in [6, 6.07) is 3.90. The van der Waals surface area contributed by atoms with Gasteiger partial charge in [0.1, 0.15) is 10.8 Å². The van der Waals surface area contributed by atoms with Crippen molar-refractivity contribution in [3.05, 3.63) is 24.5 Å². The first kappa shape index (κ1) is 14.7. The van der Waals surface area contributed by atoms with Gasteiger partial charge in [-0.2, -0.15) is 4.37 Å². The van der Waals surface area contributed by atoms with Crippen molar-refractivity contribution in [1.29, 1.82) is 0 Å². The molecule has 0 saturated carbocycles. The summed E-state index contributed by atoms with van der Waals surface area (Å²) >= 11 is 1.39. The average Bonchev–Trinajstić information content (AvgIpc) is 2.78. The van der Waals surface area contributed by atoms with E-state index in [1.807, 2.05) is 18.3 Å². The van der Waals surface area contributed by atoms with Crippen molar-refractivity contribution in [2.45, 2.75) is 19.4 Å². The number of hydrogen-bond acceptors (Lipinski definition) is 6. The highest BCUT2D eigenvalue weighted by Crippen LogP contribution is 2.36. The van der Waals surface area contributed by atoms with Crippen LogP contribution in [0.2, 0.25) is 0 Å². The second kappa shape index (κ2) is 5.76. The van der Waals surface area contributed by atoms with Gasteiger partial charge >= 0.3 is 0 Å². The molecule has 2 aromatic heterocycles. The summed E-state index contributed by atoms with van der Waals surface area (Å²) in [6.07, 6.45) is 3.56. The smallest absolute Gasteiger partial charge is 0.147 e. The Balaban J connectivity index is 2.23. The summed E-state index contributed by atoms with van der Waals surface area (Å²) < 4.78 is 4.25. The summed E-state index contributed by atoms with van der Waals surface area (Å²) in [5.41, 5.74) is 7.97. The van der Waals surface area contributed by atoms with Gasteiger partial charge in [-0.05, 0) is 45.5 Å². The predicted molar refractivity (Wildman–Crippen MR) is 86.0 cm³/mol. The first-order valence-corrected chi connectivity index (χ1v) is 7.26. The van der Waals surface area contributed by atoms with Crippen molar-refractivity contribution >= 4 is 22.4 Å². The van der Waals surface area contributed by atoms with Gasteiger partial charge in [0.2, 0.25) is 0 Å². The third-order valence-corrected chi connectivity index (χ3v) is 4.38. The zero-order valence-electron chi connectivity index (χ0n) is 12.3. The minimum absolute atomic E-state index is 0.0466. The number of rotatable bonds is 5. The molecule has 2 rings (SSSR count). The van der Waals surface area contributed by atoms with E-state index in [0.717, 1.165) is 22.7 Å². The maximum absolute atomic E-state index is 5.99. The number of nitrogens with zero attached hydrogens (tertiary/aromatic N) is 3. The summed E-state index contributed by atoms with van der Waals surface area (Å²) in [4.78, 5) is 6.33. The fourth-order valence-corrected chi connectivity index (χ4v) is 2.40. The van der Waals surface area contributed by atoms with Crippen LogP contribution in [0.4, 0.5) is 10.8 Å². The zero-order chi connectivity index (χ0) is 14.8. The third kappa shape index (κ3) is 3.08. The summed E-state index contributed by atoms with van der Waals surface area (Å²) in [7, 11) is 4.15. The number of nitrogens with two attached hydrogens (primary N) is 1. The lowest BCUT2D eigenvalue weighted by Crippen LogP contribution is -2.44. The van der Waals surface area contributed by atoms with Gasteiger partial charge in [0, 0.05) is 30.0 Å². The van der Waals surface area contributed by atoms with Crippen LogP contribution in [0.1, 0.15) is 13.8 Å². The SMILES string of the molecule is CN(C)C(C)(C)CNc1snc(N)c1-c1cccnc1. The zero-order valence-corrected chi connectivity index (χ0v) is 13.2. The molecule has 0 saturated heterocycles. The number of anilines is 2. The van der Waals surface area contributed by atoms with Crippen molar-refractivity contribution in [3.63, 3.8) is 0 Å². The molecule has 5 nitrogen and oxygen atoms in total. The predicted octanol–water partition coefficient (Wildman–Crippen LogP) is 2.54. The van der Waals surface area contributed by atoms with Crippen LogP contribution < -0.4 is 11.1 Å². The average molecular weight is 291 g/mol. The molecule has 20 heavy (non-hydrogen) atoms. The summed E-state index contributed by atoms with van der Waals surface area (Å²) in [6.45, 7) is 5.19. The maximum Gasteiger partial charge on any atom is 0.147 e. The fourth-order valence-electron chi connectivity index (χ4n) is 1.67. The number of aromatic nitrogens is 2. The second-order valence-electron chi connectivity index (χ2n) is 5.57. The first-order chi connectivity index (χ1) is 9.42. The Morgan fingerprint density at radius 2 is 2.15 bits per heavy atom. The van der Waals surface area contributed by atoms with Gasteiger partial charge in [0.05, 0.1) is 5.56 Å². The normalized spacial score (nSPS) is 11.8. The minimum atomic E-state index is 0.0466. The molecule has 0 spiro atoms. The molecule has 0 aliphatic heterocycles. The van der Waals surface area contributed by atoms with Gasteiger partial charge in [0.25, 0.3) is 0 Å². The highest BCUT2D eigenvalue weighted by molar-refractivity contribution is 7.11. The summed E-state index contributed by atoms with van der Waals surface area (Å²) in [5, 5.41) is 4.45. The van der Waals surface area contributed by atoms with E-state index >= 15 is 0 Å². The van der Waals surface area contributed by atoms with Crippen LogP contribution in [-0.2, 0) is 0 Å². The lowest BCUT2D eigenvalue weighted by molar-refractivity contribution is 0.210. The van der Waals surface area contributed by atoms with E-state index in [2.05, 4.69) is 47.5 Å². The first-order valence-electron chi connectivity index (χ1n) is 6.48. The van der Waals surface area contributed by atoms with Crippen LogP contribution >= 0.6 is 11.5 Å². The van der Waals surface area contributed by atoms with Crippen LogP contribution in [-0.4, -0.2) is 40.4 Å². The van der Waals surface area contributed by atoms with Crippen LogP contribution in [0, 0.1) is 0 Å². The Kier molecular flexibility index (Phi) is 4.25. The van der Waals surface area contributed by atoms with E-state index in [1.54, 1.807) is 6.20 Å². The molecule has 0 aromatic carbocycles. The van der Waals surface area contributed by atoms with Gasteiger partial charge in [-0.25, -0.2) is 0 Å². The Labute approximate surface area is 124 Å². The van der Waals surface area contributed by atoms with Crippen LogP contribution in [0.25, 0.3) is 11.1 Å². The molecule has 2 aromatic rings. The van der Waals surface area contributed by atoms with Crippen molar-refractivity contribution in [3.8, 4) is 11.1 Å². The molecule has 108 valence electrons. The lowest BCUT2D eigenvalue weighted by Gasteiger charge is -2.32. The van der Waals surface area contributed by atoms with E-state index in [-0.39, 0.29) is 5.54 Å². The van der Waals surface area contributed by atoms with Gasteiger partial charge in [-0.3, -0.25) is 4.98 Å². The number of likely N-dealkylation sites (N-methyl/N-ethyl adjacent to an activating group) is 1. The molecule has 0 aliphatic rings. The number of pyridine rings is 1. The molecule has 0 radical (unpaired) electrons. The van der Waals surface area contributed by atoms with Crippen molar-refractivity contribution in [2.24, 2.45) is 0 Å². The Morgan fingerprint density at radius 1 is 1.40 bits per heavy atom. The Hall–Kier alpha value is -1.66. The molecule has 0 atom stereocenters. The molecule has 0 unspecified atom stereocenters.